The lowest BCUT2D eigenvalue weighted by Crippen LogP contribution is -2.47. The number of rotatable bonds is 7. The third kappa shape index (κ3) is 7.27. The monoisotopic (exact) mass is 491 g/mol. The summed E-state index contributed by atoms with van der Waals surface area (Å²) in [6.07, 6.45) is 10.8. The molecule has 0 unspecified atom stereocenters. The molecule has 1 aromatic rings. The molecule has 2 fully saturated rings. The smallest absolute Gasteiger partial charge is 0.191 e. The highest BCUT2D eigenvalue weighted by molar-refractivity contribution is 14.0. The van der Waals surface area contributed by atoms with Crippen molar-refractivity contribution >= 4 is 29.9 Å². The predicted molar refractivity (Wildman–Crippen MR) is 118 cm³/mol. The van der Waals surface area contributed by atoms with Crippen molar-refractivity contribution in [2.75, 3.05) is 33.4 Å². The van der Waals surface area contributed by atoms with Crippen LogP contribution in [0.1, 0.15) is 50.7 Å². The topological polar surface area (TPSA) is 68.0 Å². The lowest BCUT2D eigenvalue weighted by Gasteiger charge is -2.35. The number of nitrogens with zero attached hydrogens (tertiary/aromatic N) is 1. The molecular formula is C20H34IN3O3. The van der Waals surface area contributed by atoms with Gasteiger partial charge < -0.3 is 24.5 Å². The first-order valence-electron chi connectivity index (χ1n) is 10.00. The Morgan fingerprint density at radius 2 is 2.04 bits per heavy atom. The molecule has 1 aliphatic carbocycles. The van der Waals surface area contributed by atoms with Crippen molar-refractivity contribution in [2.24, 2.45) is 4.99 Å². The van der Waals surface area contributed by atoms with E-state index in [-0.39, 0.29) is 29.6 Å². The normalized spacial score (nSPS) is 20.7. The van der Waals surface area contributed by atoms with Crippen LogP contribution < -0.4 is 10.6 Å². The third-order valence-electron chi connectivity index (χ3n) is 5.55. The molecule has 0 spiro atoms. The van der Waals surface area contributed by atoms with E-state index in [9.17, 15) is 0 Å². The van der Waals surface area contributed by atoms with Crippen LogP contribution >= 0.6 is 24.0 Å². The van der Waals surface area contributed by atoms with Gasteiger partial charge in [-0.15, -0.1) is 24.0 Å². The average molecular weight is 491 g/mol. The van der Waals surface area contributed by atoms with Crippen molar-refractivity contribution in [1.29, 1.82) is 0 Å². The van der Waals surface area contributed by atoms with Gasteiger partial charge in [-0.25, -0.2) is 0 Å². The third-order valence-corrected chi connectivity index (χ3v) is 5.55. The number of ether oxygens (including phenoxy) is 2. The molecule has 1 aromatic heterocycles. The molecule has 0 atom stereocenters. The molecule has 1 saturated heterocycles. The number of aliphatic imine (C=N–C) groups is 1. The van der Waals surface area contributed by atoms with Crippen molar-refractivity contribution in [3.05, 3.63) is 24.2 Å². The van der Waals surface area contributed by atoms with E-state index in [4.69, 9.17) is 18.9 Å². The molecule has 0 aromatic carbocycles. The van der Waals surface area contributed by atoms with Crippen molar-refractivity contribution in [3.8, 4) is 0 Å². The van der Waals surface area contributed by atoms with Gasteiger partial charge in [0.15, 0.2) is 5.96 Å². The number of guanidine groups is 1. The number of hydrogen-bond donors (Lipinski definition) is 2. The minimum Gasteiger partial charge on any atom is -0.469 e. The Balaban J connectivity index is 0.00000261. The van der Waals surface area contributed by atoms with Crippen LogP contribution in [0, 0.1) is 0 Å². The minimum atomic E-state index is -0.194. The van der Waals surface area contributed by atoms with Crippen LogP contribution in [-0.2, 0) is 15.9 Å². The zero-order valence-corrected chi connectivity index (χ0v) is 18.7. The molecule has 0 radical (unpaired) electrons. The van der Waals surface area contributed by atoms with E-state index in [2.05, 4.69) is 10.6 Å². The number of hydrogen-bond acceptors (Lipinski definition) is 4. The van der Waals surface area contributed by atoms with Crippen LogP contribution in [0.2, 0.25) is 0 Å². The summed E-state index contributed by atoms with van der Waals surface area (Å²) in [7, 11) is 1.79. The molecule has 1 aliphatic heterocycles. The van der Waals surface area contributed by atoms with Gasteiger partial charge in [0.25, 0.3) is 0 Å². The summed E-state index contributed by atoms with van der Waals surface area (Å²) in [5.74, 6) is 1.89. The van der Waals surface area contributed by atoms with Gasteiger partial charge in [-0.1, -0.05) is 19.3 Å². The first-order valence-corrected chi connectivity index (χ1v) is 10.00. The molecular weight excluding hydrogens is 457 g/mol. The maximum absolute atomic E-state index is 5.82. The summed E-state index contributed by atoms with van der Waals surface area (Å²) in [5, 5.41) is 7.12. The maximum Gasteiger partial charge on any atom is 0.191 e. The van der Waals surface area contributed by atoms with Crippen LogP contribution in [0.5, 0.6) is 0 Å². The number of furan rings is 1. The van der Waals surface area contributed by atoms with E-state index in [1.807, 2.05) is 12.1 Å². The fourth-order valence-electron chi connectivity index (χ4n) is 3.75. The van der Waals surface area contributed by atoms with E-state index in [0.717, 1.165) is 50.7 Å². The summed E-state index contributed by atoms with van der Waals surface area (Å²) in [4.78, 5) is 4.89. The highest BCUT2D eigenvalue weighted by Gasteiger charge is 2.32. The first kappa shape index (κ1) is 22.5. The Morgan fingerprint density at radius 3 is 2.70 bits per heavy atom. The minimum absolute atomic E-state index is 0. The first-order chi connectivity index (χ1) is 12.8. The zero-order valence-electron chi connectivity index (χ0n) is 16.4. The van der Waals surface area contributed by atoms with Crippen LogP contribution in [-0.4, -0.2) is 51.0 Å². The van der Waals surface area contributed by atoms with Crippen molar-refractivity contribution in [3.63, 3.8) is 0 Å². The summed E-state index contributed by atoms with van der Waals surface area (Å²) in [5.41, 5.74) is -0.194. The van der Waals surface area contributed by atoms with Crippen LogP contribution in [0.4, 0.5) is 0 Å². The average Bonchev–Trinajstić information content (AvgIpc) is 3.21. The largest absolute Gasteiger partial charge is 0.469 e. The van der Waals surface area contributed by atoms with Gasteiger partial charge in [-0.05, 0) is 25.0 Å². The molecule has 0 amide bonds. The Kier molecular flexibility index (Phi) is 9.92. The zero-order chi connectivity index (χ0) is 18.1. The lowest BCUT2D eigenvalue weighted by atomic mass is 9.94. The van der Waals surface area contributed by atoms with Crippen molar-refractivity contribution in [1.82, 2.24) is 10.6 Å². The fraction of sp³-hybridized carbons (Fsp3) is 0.750. The van der Waals surface area contributed by atoms with E-state index in [0.29, 0.717) is 12.6 Å². The van der Waals surface area contributed by atoms with E-state index in [1.165, 1.54) is 32.1 Å². The fourth-order valence-corrected chi connectivity index (χ4v) is 3.75. The van der Waals surface area contributed by atoms with Gasteiger partial charge in [-0.2, -0.15) is 0 Å². The van der Waals surface area contributed by atoms with Crippen molar-refractivity contribution in [2.45, 2.75) is 63.0 Å². The molecule has 0 bridgehead atoms. The van der Waals surface area contributed by atoms with Crippen LogP contribution in [0.15, 0.2) is 27.8 Å². The molecule has 2 aliphatic rings. The highest BCUT2D eigenvalue weighted by Crippen LogP contribution is 2.25. The standard InChI is InChI=1S/C20H33N3O3.HI/c1-24-20(10-14-25-15-11-20)16-22-19(23-17-6-3-2-4-7-17)21-12-9-18-8-5-13-26-18;/h5,8,13,17H,2-4,6-7,9-12,14-16H2,1H3,(H2,21,22,23);1H. The molecule has 3 rings (SSSR count). The molecule has 2 heterocycles. The number of methoxy groups -OCH3 is 1. The predicted octanol–water partition coefficient (Wildman–Crippen LogP) is 3.50. The van der Waals surface area contributed by atoms with Gasteiger partial charge in [0, 0.05) is 52.2 Å². The molecule has 27 heavy (non-hydrogen) atoms. The second-order valence-electron chi connectivity index (χ2n) is 7.40. The lowest BCUT2D eigenvalue weighted by molar-refractivity contribution is -0.0828. The summed E-state index contributed by atoms with van der Waals surface area (Å²) in [6, 6.07) is 4.46. The summed E-state index contributed by atoms with van der Waals surface area (Å²) >= 11 is 0. The SMILES string of the molecule is COC1(CN=C(NCCc2ccco2)NC2CCCCC2)CCOCC1.I. The molecule has 6 nitrogen and oxygen atoms in total. The molecule has 1 saturated carbocycles. The van der Waals surface area contributed by atoms with E-state index < -0.39 is 0 Å². The van der Waals surface area contributed by atoms with Crippen LogP contribution in [0.3, 0.4) is 0 Å². The number of halogens is 1. The van der Waals surface area contributed by atoms with Gasteiger partial charge in [-0.3, -0.25) is 4.99 Å². The van der Waals surface area contributed by atoms with E-state index in [1.54, 1.807) is 13.4 Å². The number of nitrogens with one attached hydrogen (secondary N) is 2. The van der Waals surface area contributed by atoms with E-state index >= 15 is 0 Å². The second-order valence-corrected chi connectivity index (χ2v) is 7.40. The van der Waals surface area contributed by atoms with Crippen molar-refractivity contribution < 1.29 is 13.9 Å². The maximum atomic E-state index is 5.82. The quantitative estimate of drug-likeness (QED) is 0.347. The highest BCUT2D eigenvalue weighted by atomic mass is 127. The van der Waals surface area contributed by atoms with Gasteiger partial charge >= 0.3 is 0 Å². The summed E-state index contributed by atoms with van der Waals surface area (Å²) in [6.45, 7) is 2.96. The summed E-state index contributed by atoms with van der Waals surface area (Å²) < 4.78 is 16.7. The van der Waals surface area contributed by atoms with Gasteiger partial charge in [0.05, 0.1) is 18.4 Å². The molecule has 154 valence electrons. The Bertz CT molecular complexity index is 539. The van der Waals surface area contributed by atoms with Gasteiger partial charge in [0.1, 0.15) is 5.76 Å². The Morgan fingerprint density at radius 1 is 1.26 bits per heavy atom. The molecule has 2 N–H and O–H groups in total. The second kappa shape index (κ2) is 11.9. The Labute approximate surface area is 179 Å². The molecule has 7 heteroatoms. The van der Waals surface area contributed by atoms with Crippen LogP contribution in [0.25, 0.3) is 0 Å². The Hall–Kier alpha value is -0.800. The van der Waals surface area contributed by atoms with Gasteiger partial charge in [0.2, 0.25) is 0 Å².